The van der Waals surface area contributed by atoms with Gasteiger partial charge in [0.05, 0.1) is 22.8 Å². The number of halogens is 2. The fourth-order valence-corrected chi connectivity index (χ4v) is 4.17. The molecule has 0 aliphatic carbocycles. The summed E-state index contributed by atoms with van der Waals surface area (Å²) < 4.78 is 27.7. The van der Waals surface area contributed by atoms with Crippen LogP contribution in [0.4, 0.5) is 8.78 Å². The monoisotopic (exact) mass is 462 g/mol. The molecule has 0 atom stereocenters. The molecule has 35 heavy (non-hydrogen) atoms. The van der Waals surface area contributed by atoms with Gasteiger partial charge in [0.2, 0.25) is 0 Å². The number of pyridine rings is 2. The molecule has 2 aromatic heterocycles. The van der Waals surface area contributed by atoms with Gasteiger partial charge in [-0.05, 0) is 61.4 Å². The fourth-order valence-electron chi connectivity index (χ4n) is 4.17. The number of benzene rings is 3. The highest BCUT2D eigenvalue weighted by Gasteiger charge is 2.27. The van der Waals surface area contributed by atoms with Crippen molar-refractivity contribution in [1.29, 1.82) is 0 Å². The van der Waals surface area contributed by atoms with Crippen molar-refractivity contribution in [2.24, 2.45) is 0 Å². The van der Waals surface area contributed by atoms with Crippen molar-refractivity contribution in [3.8, 4) is 33.6 Å². The van der Waals surface area contributed by atoms with Crippen LogP contribution in [-0.4, -0.2) is 9.97 Å². The van der Waals surface area contributed by atoms with Crippen LogP contribution in [0, 0.1) is 11.6 Å². The van der Waals surface area contributed by atoms with Crippen LogP contribution < -0.4 is 0 Å². The number of rotatable bonds is 5. The van der Waals surface area contributed by atoms with E-state index in [1.165, 1.54) is 17.7 Å². The molecular weight excluding hydrogens is 438 g/mol. The Labute approximate surface area is 204 Å². The lowest BCUT2D eigenvalue weighted by Crippen LogP contribution is -2.22. The summed E-state index contributed by atoms with van der Waals surface area (Å²) in [5.41, 5.74) is 6.02. The van der Waals surface area contributed by atoms with Gasteiger partial charge in [0, 0.05) is 22.6 Å². The van der Waals surface area contributed by atoms with Gasteiger partial charge < -0.3 is 0 Å². The molecule has 0 amide bonds. The standard InChI is InChI=1S/C31H24F2N2/c1-31(2,30-13-7-11-28(35-30)25-19-18-24(32)20-26(25)33)29-12-6-10-27(34-29)23-16-14-22(15-17-23)21-8-4-3-5-9-21/h3-20H,1-2H3. The van der Waals surface area contributed by atoms with Gasteiger partial charge in [-0.3, -0.25) is 9.97 Å². The van der Waals surface area contributed by atoms with Crippen LogP contribution in [0.25, 0.3) is 33.6 Å². The normalized spacial score (nSPS) is 11.4. The Morgan fingerprint density at radius 3 is 1.77 bits per heavy atom. The van der Waals surface area contributed by atoms with Gasteiger partial charge in [0.25, 0.3) is 0 Å². The van der Waals surface area contributed by atoms with E-state index in [1.807, 2.05) is 62.4 Å². The molecule has 0 radical (unpaired) electrons. The summed E-state index contributed by atoms with van der Waals surface area (Å²) in [6.07, 6.45) is 0. The summed E-state index contributed by atoms with van der Waals surface area (Å²) in [6.45, 7) is 4.09. The molecule has 0 spiro atoms. The molecule has 0 aliphatic heterocycles. The van der Waals surface area contributed by atoms with Gasteiger partial charge in [-0.1, -0.05) is 66.7 Å². The molecule has 4 heteroatoms. The van der Waals surface area contributed by atoms with E-state index in [1.54, 1.807) is 6.07 Å². The molecule has 2 heterocycles. The van der Waals surface area contributed by atoms with Crippen LogP contribution >= 0.6 is 0 Å². The van der Waals surface area contributed by atoms with E-state index in [2.05, 4.69) is 36.4 Å². The third-order valence-electron chi connectivity index (χ3n) is 6.27. The van der Waals surface area contributed by atoms with Gasteiger partial charge in [-0.25, -0.2) is 8.78 Å². The predicted molar refractivity (Wildman–Crippen MR) is 137 cm³/mol. The largest absolute Gasteiger partial charge is 0.252 e. The molecule has 0 N–H and O–H groups in total. The smallest absolute Gasteiger partial charge is 0.135 e. The van der Waals surface area contributed by atoms with Crippen LogP contribution in [0.15, 0.2) is 109 Å². The Morgan fingerprint density at radius 2 is 1.11 bits per heavy atom. The van der Waals surface area contributed by atoms with Gasteiger partial charge in [-0.15, -0.1) is 0 Å². The van der Waals surface area contributed by atoms with Crippen LogP contribution in [0.5, 0.6) is 0 Å². The first-order chi connectivity index (χ1) is 16.9. The minimum atomic E-state index is -0.633. The third-order valence-corrected chi connectivity index (χ3v) is 6.27. The number of nitrogens with zero attached hydrogens (tertiary/aromatic N) is 2. The van der Waals surface area contributed by atoms with Crippen molar-refractivity contribution in [3.05, 3.63) is 132 Å². The lowest BCUT2D eigenvalue weighted by molar-refractivity contribution is 0.583. The second kappa shape index (κ2) is 9.22. The molecule has 0 fully saturated rings. The van der Waals surface area contributed by atoms with Crippen molar-refractivity contribution in [3.63, 3.8) is 0 Å². The molecule has 0 bridgehead atoms. The van der Waals surface area contributed by atoms with Gasteiger partial charge in [0.1, 0.15) is 11.6 Å². The van der Waals surface area contributed by atoms with E-state index in [0.717, 1.165) is 34.3 Å². The number of aromatic nitrogens is 2. The number of hydrogen-bond donors (Lipinski definition) is 0. The van der Waals surface area contributed by atoms with E-state index in [0.29, 0.717) is 5.69 Å². The maximum atomic E-state index is 14.4. The van der Waals surface area contributed by atoms with Crippen molar-refractivity contribution < 1.29 is 8.78 Å². The second-order valence-corrected chi connectivity index (χ2v) is 9.01. The average Bonchev–Trinajstić information content (AvgIpc) is 2.89. The maximum absolute atomic E-state index is 14.4. The Kier molecular flexibility index (Phi) is 5.96. The van der Waals surface area contributed by atoms with E-state index >= 15 is 0 Å². The lowest BCUT2D eigenvalue weighted by Gasteiger charge is -2.25. The summed E-state index contributed by atoms with van der Waals surface area (Å²) >= 11 is 0. The maximum Gasteiger partial charge on any atom is 0.135 e. The Balaban J connectivity index is 1.47. The van der Waals surface area contributed by atoms with Crippen LogP contribution in [0.3, 0.4) is 0 Å². The fraction of sp³-hybridized carbons (Fsp3) is 0.0968. The highest BCUT2D eigenvalue weighted by Crippen LogP contribution is 2.33. The van der Waals surface area contributed by atoms with Crippen molar-refractivity contribution in [2.45, 2.75) is 19.3 Å². The quantitative estimate of drug-likeness (QED) is 0.264. The molecular formula is C31H24F2N2. The van der Waals surface area contributed by atoms with Crippen LogP contribution in [-0.2, 0) is 5.41 Å². The van der Waals surface area contributed by atoms with Gasteiger partial charge in [-0.2, -0.15) is 0 Å². The molecule has 5 rings (SSSR count). The molecule has 0 saturated heterocycles. The van der Waals surface area contributed by atoms with Gasteiger partial charge in [0.15, 0.2) is 0 Å². The van der Waals surface area contributed by atoms with Crippen molar-refractivity contribution in [1.82, 2.24) is 9.97 Å². The molecule has 0 saturated carbocycles. The molecule has 2 nitrogen and oxygen atoms in total. The second-order valence-electron chi connectivity index (χ2n) is 9.01. The zero-order chi connectivity index (χ0) is 24.4. The van der Waals surface area contributed by atoms with Gasteiger partial charge >= 0.3 is 0 Å². The summed E-state index contributed by atoms with van der Waals surface area (Å²) in [6, 6.07) is 33.6. The first-order valence-electron chi connectivity index (χ1n) is 11.5. The highest BCUT2D eigenvalue weighted by molar-refractivity contribution is 5.69. The van der Waals surface area contributed by atoms with E-state index in [4.69, 9.17) is 9.97 Å². The summed E-state index contributed by atoms with van der Waals surface area (Å²) in [7, 11) is 0. The third kappa shape index (κ3) is 4.60. The lowest BCUT2D eigenvalue weighted by atomic mass is 9.84. The summed E-state index contributed by atoms with van der Waals surface area (Å²) in [5.74, 6) is -1.24. The predicted octanol–water partition coefficient (Wildman–Crippen LogP) is 8.08. The molecule has 3 aromatic carbocycles. The van der Waals surface area contributed by atoms with E-state index in [-0.39, 0.29) is 5.56 Å². The zero-order valence-corrected chi connectivity index (χ0v) is 19.5. The first kappa shape index (κ1) is 22.6. The molecule has 172 valence electrons. The summed E-state index contributed by atoms with van der Waals surface area (Å²) in [4.78, 5) is 9.69. The Morgan fingerprint density at radius 1 is 0.543 bits per heavy atom. The van der Waals surface area contributed by atoms with E-state index in [9.17, 15) is 8.78 Å². The number of hydrogen-bond acceptors (Lipinski definition) is 2. The van der Waals surface area contributed by atoms with Crippen molar-refractivity contribution >= 4 is 0 Å². The molecule has 0 aliphatic rings. The Hall–Kier alpha value is -4.18. The first-order valence-corrected chi connectivity index (χ1v) is 11.5. The SMILES string of the molecule is CC(C)(c1cccc(-c2ccc(-c3ccccc3)cc2)n1)c1cccc(-c2ccc(F)cc2F)n1. The molecule has 5 aromatic rings. The summed E-state index contributed by atoms with van der Waals surface area (Å²) in [5, 5.41) is 0. The van der Waals surface area contributed by atoms with Crippen molar-refractivity contribution in [2.75, 3.05) is 0 Å². The molecule has 0 unspecified atom stereocenters. The average molecular weight is 463 g/mol. The van der Waals surface area contributed by atoms with Crippen LogP contribution in [0.1, 0.15) is 25.2 Å². The minimum absolute atomic E-state index is 0.268. The highest BCUT2D eigenvalue weighted by atomic mass is 19.1. The van der Waals surface area contributed by atoms with Crippen LogP contribution in [0.2, 0.25) is 0 Å². The minimum Gasteiger partial charge on any atom is -0.252 e. The van der Waals surface area contributed by atoms with E-state index < -0.39 is 17.0 Å². The Bertz CT molecular complexity index is 1480. The zero-order valence-electron chi connectivity index (χ0n) is 19.5. The topological polar surface area (TPSA) is 25.8 Å².